The summed E-state index contributed by atoms with van der Waals surface area (Å²) in [6.07, 6.45) is 0. The number of benzene rings is 2. The minimum Gasteiger partial charge on any atom is -0.493 e. The molecule has 2 aromatic rings. The fourth-order valence-corrected chi connectivity index (χ4v) is 2.28. The van der Waals surface area contributed by atoms with Crippen LogP contribution in [-0.2, 0) is 0 Å². The molecule has 0 bridgehead atoms. The van der Waals surface area contributed by atoms with Crippen LogP contribution in [0.25, 0.3) is 0 Å². The molecule has 0 aliphatic carbocycles. The zero-order valence-corrected chi connectivity index (χ0v) is 12.5. The predicted molar refractivity (Wildman–Crippen MR) is 77.1 cm³/mol. The fourth-order valence-electron chi connectivity index (χ4n) is 1.82. The van der Waals surface area contributed by atoms with Crippen molar-refractivity contribution in [3.05, 3.63) is 57.8 Å². The molecule has 2 aromatic carbocycles. The molecule has 0 fully saturated rings. The molecule has 104 valence electrons. The quantitative estimate of drug-likeness (QED) is 0.794. The summed E-state index contributed by atoms with van der Waals surface area (Å²) in [7, 11) is 2.84. The Balaban J connectivity index is 2.53. The summed E-state index contributed by atoms with van der Waals surface area (Å²) in [6, 6.07) is 9.34. The van der Waals surface area contributed by atoms with Gasteiger partial charge in [-0.15, -0.1) is 0 Å². The third-order valence-corrected chi connectivity index (χ3v) is 3.53. The second kappa shape index (κ2) is 6.05. The van der Waals surface area contributed by atoms with Crippen LogP contribution < -0.4 is 9.47 Å². The molecule has 0 unspecified atom stereocenters. The van der Waals surface area contributed by atoms with Crippen LogP contribution in [0.5, 0.6) is 11.5 Å². The van der Waals surface area contributed by atoms with E-state index >= 15 is 0 Å². The summed E-state index contributed by atoms with van der Waals surface area (Å²) in [5.41, 5.74) is 0.327. The first-order valence-electron chi connectivity index (χ1n) is 5.79. The third kappa shape index (κ3) is 2.67. The van der Waals surface area contributed by atoms with Crippen LogP contribution in [0, 0.1) is 5.82 Å². The van der Waals surface area contributed by atoms with Crippen molar-refractivity contribution >= 4 is 21.7 Å². The third-order valence-electron chi connectivity index (χ3n) is 2.84. The standard InChI is InChI=1S/C15H12BrFO3/c1-19-13-7-10(12(17)8-14(13)20-2)15(18)9-5-3-4-6-11(9)16/h3-8H,1-2H3. The van der Waals surface area contributed by atoms with Gasteiger partial charge in [0, 0.05) is 16.1 Å². The van der Waals surface area contributed by atoms with E-state index in [1.807, 2.05) is 0 Å². The van der Waals surface area contributed by atoms with Gasteiger partial charge in [-0.25, -0.2) is 4.39 Å². The van der Waals surface area contributed by atoms with Gasteiger partial charge in [0.2, 0.25) is 0 Å². The second-order valence-corrected chi connectivity index (χ2v) is 4.85. The van der Waals surface area contributed by atoms with Crippen molar-refractivity contribution < 1.29 is 18.7 Å². The highest BCUT2D eigenvalue weighted by Crippen LogP contribution is 2.31. The van der Waals surface area contributed by atoms with Crippen molar-refractivity contribution in [3.63, 3.8) is 0 Å². The zero-order valence-electron chi connectivity index (χ0n) is 10.9. The van der Waals surface area contributed by atoms with E-state index in [-0.39, 0.29) is 11.3 Å². The van der Waals surface area contributed by atoms with Gasteiger partial charge in [0.05, 0.1) is 19.8 Å². The molecule has 2 rings (SSSR count). The number of carbonyl (C=O) groups excluding carboxylic acids is 1. The summed E-state index contributed by atoms with van der Waals surface area (Å²) in [5.74, 6) is -0.516. The fraction of sp³-hybridized carbons (Fsp3) is 0.133. The van der Waals surface area contributed by atoms with E-state index in [0.717, 1.165) is 6.07 Å². The molecule has 5 heteroatoms. The van der Waals surface area contributed by atoms with Gasteiger partial charge in [-0.1, -0.05) is 28.1 Å². The Morgan fingerprint density at radius 3 is 2.25 bits per heavy atom. The second-order valence-electron chi connectivity index (χ2n) is 4.00. The van der Waals surface area contributed by atoms with Crippen molar-refractivity contribution in [2.75, 3.05) is 14.2 Å². The number of ether oxygens (including phenoxy) is 2. The Hall–Kier alpha value is -1.88. The first kappa shape index (κ1) is 14.5. The summed E-state index contributed by atoms with van der Waals surface area (Å²) in [5, 5.41) is 0. The number of rotatable bonds is 4. The molecule has 0 aliphatic heterocycles. The van der Waals surface area contributed by atoms with E-state index in [0.29, 0.717) is 15.8 Å². The van der Waals surface area contributed by atoms with Gasteiger partial charge >= 0.3 is 0 Å². The van der Waals surface area contributed by atoms with Crippen LogP contribution in [0.4, 0.5) is 4.39 Å². The minimum atomic E-state index is -0.650. The van der Waals surface area contributed by atoms with E-state index in [1.165, 1.54) is 20.3 Å². The minimum absolute atomic E-state index is 0.0606. The van der Waals surface area contributed by atoms with E-state index in [9.17, 15) is 9.18 Å². The van der Waals surface area contributed by atoms with E-state index < -0.39 is 11.6 Å². The van der Waals surface area contributed by atoms with Gasteiger partial charge in [-0.3, -0.25) is 4.79 Å². The molecule has 0 heterocycles. The molecule has 0 atom stereocenters. The highest BCUT2D eigenvalue weighted by atomic mass is 79.9. The number of methoxy groups -OCH3 is 2. The van der Waals surface area contributed by atoms with Gasteiger partial charge in [-0.05, 0) is 18.2 Å². The summed E-state index contributed by atoms with van der Waals surface area (Å²) < 4.78 is 24.7. The van der Waals surface area contributed by atoms with E-state index in [1.54, 1.807) is 24.3 Å². The summed E-state index contributed by atoms with van der Waals surface area (Å²) >= 11 is 3.28. The average Bonchev–Trinajstić information content (AvgIpc) is 2.46. The molecule has 0 saturated carbocycles. The molecule has 0 saturated heterocycles. The first-order chi connectivity index (χ1) is 9.58. The molecule has 0 aromatic heterocycles. The largest absolute Gasteiger partial charge is 0.493 e. The van der Waals surface area contributed by atoms with Crippen molar-refractivity contribution in [3.8, 4) is 11.5 Å². The maximum atomic E-state index is 14.0. The topological polar surface area (TPSA) is 35.5 Å². The molecule has 3 nitrogen and oxygen atoms in total. The summed E-state index contributed by atoms with van der Waals surface area (Å²) in [6.45, 7) is 0. The lowest BCUT2D eigenvalue weighted by molar-refractivity contribution is 0.103. The van der Waals surface area contributed by atoms with Crippen LogP contribution >= 0.6 is 15.9 Å². The average molecular weight is 339 g/mol. The van der Waals surface area contributed by atoms with Crippen molar-refractivity contribution in [1.29, 1.82) is 0 Å². The maximum absolute atomic E-state index is 14.0. The molecular formula is C15H12BrFO3. The molecule has 0 N–H and O–H groups in total. The smallest absolute Gasteiger partial charge is 0.197 e. The molecule has 0 radical (unpaired) electrons. The van der Waals surface area contributed by atoms with Gasteiger partial charge < -0.3 is 9.47 Å². The number of carbonyl (C=O) groups is 1. The van der Waals surface area contributed by atoms with Gasteiger partial charge in [0.1, 0.15) is 5.82 Å². The number of hydrogen-bond donors (Lipinski definition) is 0. The van der Waals surface area contributed by atoms with Crippen molar-refractivity contribution in [1.82, 2.24) is 0 Å². The van der Waals surface area contributed by atoms with Crippen LogP contribution in [0.2, 0.25) is 0 Å². The maximum Gasteiger partial charge on any atom is 0.197 e. The normalized spacial score (nSPS) is 10.2. The van der Waals surface area contributed by atoms with Gasteiger partial charge in [-0.2, -0.15) is 0 Å². The molecule has 0 aliphatic rings. The number of ketones is 1. The van der Waals surface area contributed by atoms with Crippen LogP contribution in [0.15, 0.2) is 40.9 Å². The molecular weight excluding hydrogens is 327 g/mol. The SMILES string of the molecule is COc1cc(F)c(C(=O)c2ccccc2Br)cc1OC. The monoisotopic (exact) mass is 338 g/mol. The summed E-state index contributed by atoms with van der Waals surface area (Å²) in [4.78, 5) is 12.4. The zero-order chi connectivity index (χ0) is 14.7. The van der Waals surface area contributed by atoms with Crippen LogP contribution in [0.3, 0.4) is 0 Å². The first-order valence-corrected chi connectivity index (χ1v) is 6.58. The number of halogens is 2. The van der Waals surface area contributed by atoms with Gasteiger partial charge in [0.15, 0.2) is 17.3 Å². The van der Waals surface area contributed by atoms with Gasteiger partial charge in [0.25, 0.3) is 0 Å². The van der Waals surface area contributed by atoms with E-state index in [4.69, 9.17) is 9.47 Å². The predicted octanol–water partition coefficient (Wildman–Crippen LogP) is 3.84. The van der Waals surface area contributed by atoms with Crippen molar-refractivity contribution in [2.45, 2.75) is 0 Å². The Kier molecular flexibility index (Phi) is 4.39. The van der Waals surface area contributed by atoms with Crippen molar-refractivity contribution in [2.24, 2.45) is 0 Å². The molecule has 0 amide bonds. The Morgan fingerprint density at radius 1 is 1.05 bits per heavy atom. The lowest BCUT2D eigenvalue weighted by Gasteiger charge is -2.11. The molecule has 0 spiro atoms. The van der Waals surface area contributed by atoms with Crippen LogP contribution in [-0.4, -0.2) is 20.0 Å². The van der Waals surface area contributed by atoms with E-state index in [2.05, 4.69) is 15.9 Å². The highest BCUT2D eigenvalue weighted by Gasteiger charge is 2.19. The lowest BCUT2D eigenvalue weighted by atomic mass is 10.0. The van der Waals surface area contributed by atoms with Crippen LogP contribution in [0.1, 0.15) is 15.9 Å². The Bertz CT molecular complexity index is 656. The highest BCUT2D eigenvalue weighted by molar-refractivity contribution is 9.10. The molecule has 20 heavy (non-hydrogen) atoms. The Morgan fingerprint density at radius 2 is 1.65 bits per heavy atom. The Labute approximate surface area is 124 Å². The number of hydrogen-bond acceptors (Lipinski definition) is 3. The lowest BCUT2D eigenvalue weighted by Crippen LogP contribution is -2.06.